The van der Waals surface area contributed by atoms with E-state index in [2.05, 4.69) is 0 Å². The van der Waals surface area contributed by atoms with E-state index in [-0.39, 0.29) is 16.5 Å². The van der Waals surface area contributed by atoms with Crippen LogP contribution in [-0.4, -0.2) is 13.4 Å². The summed E-state index contributed by atoms with van der Waals surface area (Å²) in [5.74, 6) is -0.671. The van der Waals surface area contributed by atoms with E-state index in [1.54, 1.807) is 36.4 Å². The van der Waals surface area contributed by atoms with Crippen LogP contribution in [0.1, 0.15) is 0 Å². The fraction of sp³-hybridized carbons (Fsp3) is 0. The highest BCUT2D eigenvalue weighted by Gasteiger charge is 2.17. The number of nitrogens with two attached hydrogens (primary N) is 1. The second-order valence-electron chi connectivity index (χ2n) is 6.29. The van der Waals surface area contributed by atoms with Crippen LogP contribution >= 0.6 is 23.1 Å². The van der Waals surface area contributed by atoms with E-state index in [0.717, 1.165) is 20.9 Å². The molecule has 1 heterocycles. The number of aromatic nitrogens is 1. The number of sulfonamides is 1. The fourth-order valence-electron chi connectivity index (χ4n) is 2.74. The van der Waals surface area contributed by atoms with Crippen LogP contribution in [0, 0.1) is 11.6 Å². The summed E-state index contributed by atoms with van der Waals surface area (Å²) in [6.07, 6.45) is 0. The van der Waals surface area contributed by atoms with Gasteiger partial charge in [-0.05, 0) is 66.2 Å². The number of nitrogens with zero attached hydrogens (tertiary/aromatic N) is 1. The van der Waals surface area contributed by atoms with Gasteiger partial charge in [-0.2, -0.15) is 0 Å². The van der Waals surface area contributed by atoms with Gasteiger partial charge in [-0.3, -0.25) is 0 Å². The summed E-state index contributed by atoms with van der Waals surface area (Å²) in [5, 5.41) is 5.18. The Balaban J connectivity index is 1.78. The largest absolute Gasteiger partial charge is 0.238 e. The maximum absolute atomic E-state index is 13.4. The van der Waals surface area contributed by atoms with Crippen LogP contribution < -0.4 is 5.14 Å². The molecule has 3 aromatic carbocycles. The van der Waals surface area contributed by atoms with Crippen LogP contribution in [0.3, 0.4) is 0 Å². The molecule has 2 N–H and O–H groups in total. The predicted octanol–water partition coefficient (Wildman–Crippen LogP) is 5.55. The van der Waals surface area contributed by atoms with Crippen molar-refractivity contribution in [2.45, 2.75) is 14.1 Å². The molecule has 0 aliphatic rings. The third kappa shape index (κ3) is 4.59. The van der Waals surface area contributed by atoms with Crippen LogP contribution in [0.25, 0.3) is 21.7 Å². The van der Waals surface area contributed by atoms with Gasteiger partial charge in [0.2, 0.25) is 10.0 Å². The van der Waals surface area contributed by atoms with E-state index in [4.69, 9.17) is 10.1 Å². The van der Waals surface area contributed by atoms with Gasteiger partial charge in [-0.1, -0.05) is 23.9 Å². The van der Waals surface area contributed by atoms with Gasteiger partial charge >= 0.3 is 0 Å². The first kappa shape index (κ1) is 20.7. The van der Waals surface area contributed by atoms with E-state index in [1.807, 2.05) is 0 Å². The third-order valence-electron chi connectivity index (χ3n) is 4.19. The van der Waals surface area contributed by atoms with Crippen molar-refractivity contribution < 1.29 is 17.2 Å². The van der Waals surface area contributed by atoms with Crippen molar-refractivity contribution in [1.82, 2.24) is 4.98 Å². The van der Waals surface area contributed by atoms with Crippen molar-refractivity contribution in [2.75, 3.05) is 0 Å². The second kappa shape index (κ2) is 8.27. The Morgan fingerprint density at radius 1 is 0.800 bits per heavy atom. The molecule has 0 spiro atoms. The average molecular weight is 461 g/mol. The zero-order valence-electron chi connectivity index (χ0n) is 15.2. The molecule has 1 aromatic heterocycles. The Labute approximate surface area is 180 Å². The molecule has 0 aliphatic heterocycles. The summed E-state index contributed by atoms with van der Waals surface area (Å²) in [6, 6.07) is 18.3. The molecule has 4 rings (SSSR count). The summed E-state index contributed by atoms with van der Waals surface area (Å²) in [7, 11) is -3.80. The lowest BCUT2D eigenvalue weighted by atomic mass is 10.1. The normalized spacial score (nSPS) is 11.6. The van der Waals surface area contributed by atoms with E-state index in [1.165, 1.54) is 59.5 Å². The quantitative estimate of drug-likeness (QED) is 0.424. The first-order valence-corrected chi connectivity index (χ1v) is 11.8. The van der Waals surface area contributed by atoms with Gasteiger partial charge in [0.1, 0.15) is 11.6 Å². The van der Waals surface area contributed by atoms with Crippen molar-refractivity contribution >= 4 is 33.1 Å². The maximum Gasteiger partial charge on any atom is 0.238 e. The number of benzene rings is 3. The molecule has 0 fully saturated rings. The first-order valence-electron chi connectivity index (χ1n) is 8.63. The third-order valence-corrected chi connectivity index (χ3v) is 7.29. The van der Waals surface area contributed by atoms with Crippen LogP contribution in [0.15, 0.2) is 86.9 Å². The summed E-state index contributed by atoms with van der Waals surface area (Å²) in [6.45, 7) is 0. The minimum atomic E-state index is -3.80. The topological polar surface area (TPSA) is 73.1 Å². The predicted molar refractivity (Wildman–Crippen MR) is 115 cm³/mol. The van der Waals surface area contributed by atoms with Crippen molar-refractivity contribution in [3.8, 4) is 21.7 Å². The minimum absolute atomic E-state index is 0.0139. The molecule has 9 heteroatoms. The highest BCUT2D eigenvalue weighted by atomic mass is 32.2. The van der Waals surface area contributed by atoms with Crippen molar-refractivity contribution in [3.05, 3.63) is 84.4 Å². The molecule has 0 atom stereocenters. The molecule has 0 unspecified atom stereocenters. The lowest BCUT2D eigenvalue weighted by Gasteiger charge is -2.04. The molecule has 0 saturated carbocycles. The molecule has 0 radical (unpaired) electrons. The Morgan fingerprint density at radius 2 is 1.33 bits per heavy atom. The molecule has 0 aliphatic carbocycles. The van der Waals surface area contributed by atoms with Crippen molar-refractivity contribution in [2.24, 2.45) is 5.14 Å². The maximum atomic E-state index is 13.4. The van der Waals surface area contributed by atoms with Gasteiger partial charge in [0.05, 0.1) is 15.5 Å². The number of rotatable bonds is 5. The molecule has 0 amide bonds. The molecule has 0 saturated heterocycles. The van der Waals surface area contributed by atoms with Crippen LogP contribution in [0.4, 0.5) is 8.78 Å². The Morgan fingerprint density at radius 3 is 1.90 bits per heavy atom. The number of primary sulfonamides is 1. The fourth-order valence-corrected chi connectivity index (χ4v) is 5.40. The lowest BCUT2D eigenvalue weighted by Crippen LogP contribution is -2.11. The number of hydrogen-bond acceptors (Lipinski definition) is 5. The zero-order chi connectivity index (χ0) is 21.3. The number of halogens is 2. The van der Waals surface area contributed by atoms with Crippen LogP contribution in [0.5, 0.6) is 0 Å². The Bertz CT molecular complexity index is 1290. The SMILES string of the molecule is NS(=O)(=O)c1ccc(-c2sc(Sc3ccc(F)cc3)nc2-c2ccc(F)cc2)cc1. The van der Waals surface area contributed by atoms with Gasteiger partial charge < -0.3 is 0 Å². The van der Waals surface area contributed by atoms with Crippen LogP contribution in [-0.2, 0) is 10.0 Å². The van der Waals surface area contributed by atoms with E-state index < -0.39 is 10.0 Å². The standard InChI is InChI=1S/C21H14F2N2O2S3/c22-15-5-1-13(2-6-15)19-20(14-3-11-18(12-4-14)30(24,26)27)29-21(25-19)28-17-9-7-16(23)8-10-17/h1-12H,(H2,24,26,27). The van der Waals surface area contributed by atoms with Gasteiger partial charge in [0, 0.05) is 10.5 Å². The van der Waals surface area contributed by atoms with E-state index >= 15 is 0 Å². The molecule has 30 heavy (non-hydrogen) atoms. The number of hydrogen-bond donors (Lipinski definition) is 1. The molecular formula is C21H14F2N2O2S3. The Kier molecular flexibility index (Phi) is 5.70. The second-order valence-corrected chi connectivity index (χ2v) is 10.2. The smallest absolute Gasteiger partial charge is 0.229 e. The average Bonchev–Trinajstić information content (AvgIpc) is 3.13. The zero-order valence-corrected chi connectivity index (χ0v) is 17.7. The monoisotopic (exact) mass is 460 g/mol. The summed E-state index contributed by atoms with van der Waals surface area (Å²) in [5.41, 5.74) is 2.13. The van der Waals surface area contributed by atoms with E-state index in [0.29, 0.717) is 10.0 Å². The summed E-state index contributed by atoms with van der Waals surface area (Å²) >= 11 is 2.79. The van der Waals surface area contributed by atoms with Crippen molar-refractivity contribution in [3.63, 3.8) is 0 Å². The minimum Gasteiger partial charge on any atom is -0.229 e. The van der Waals surface area contributed by atoms with Gasteiger partial charge in [0.15, 0.2) is 4.34 Å². The van der Waals surface area contributed by atoms with Gasteiger partial charge in [-0.25, -0.2) is 27.3 Å². The van der Waals surface area contributed by atoms with Gasteiger partial charge in [0.25, 0.3) is 0 Å². The molecule has 4 nitrogen and oxygen atoms in total. The highest BCUT2D eigenvalue weighted by Crippen LogP contribution is 2.42. The van der Waals surface area contributed by atoms with Crippen LogP contribution in [0.2, 0.25) is 0 Å². The summed E-state index contributed by atoms with van der Waals surface area (Å²) in [4.78, 5) is 6.34. The molecule has 0 bridgehead atoms. The van der Waals surface area contributed by atoms with Gasteiger partial charge in [-0.15, -0.1) is 11.3 Å². The number of thiazole rings is 1. The lowest BCUT2D eigenvalue weighted by molar-refractivity contribution is 0.598. The van der Waals surface area contributed by atoms with E-state index in [9.17, 15) is 17.2 Å². The first-order chi connectivity index (χ1) is 14.3. The molecular weight excluding hydrogens is 446 g/mol. The van der Waals surface area contributed by atoms with Crippen molar-refractivity contribution in [1.29, 1.82) is 0 Å². The molecule has 152 valence electrons. The summed E-state index contributed by atoms with van der Waals surface area (Å²) < 4.78 is 50.4. The highest BCUT2D eigenvalue weighted by molar-refractivity contribution is 8.01. The molecule has 4 aromatic rings. The Hall–Kier alpha value is -2.59.